The Balaban J connectivity index is 1.95. The molecule has 0 aliphatic heterocycles. The number of fused-ring (bicyclic) bond motifs is 1. The summed E-state index contributed by atoms with van der Waals surface area (Å²) < 4.78 is 32.0. The van der Waals surface area contributed by atoms with E-state index >= 15 is 0 Å². The van der Waals surface area contributed by atoms with Crippen molar-refractivity contribution < 1.29 is 17.9 Å². The van der Waals surface area contributed by atoms with Gasteiger partial charge in [-0.25, -0.2) is 8.42 Å². The topological polar surface area (TPSA) is 111 Å². The molecule has 3 N–H and O–H groups in total. The van der Waals surface area contributed by atoms with E-state index in [1.54, 1.807) is 68.6 Å². The van der Waals surface area contributed by atoms with Gasteiger partial charge >= 0.3 is 0 Å². The van der Waals surface area contributed by atoms with Crippen LogP contribution in [-0.4, -0.2) is 26.4 Å². The van der Waals surface area contributed by atoms with Crippen LogP contribution in [0.1, 0.15) is 21.5 Å². The number of nitrogens with two attached hydrogens (primary N) is 1. The highest BCUT2D eigenvalue weighted by Crippen LogP contribution is 2.34. The average molecular weight is 462 g/mol. The maximum Gasteiger partial charge on any atom is 0.252 e. The quantitative estimate of drug-likeness (QED) is 0.436. The van der Waals surface area contributed by atoms with Gasteiger partial charge in [0.25, 0.3) is 5.91 Å². The highest BCUT2D eigenvalue weighted by Gasteiger charge is 2.22. The minimum Gasteiger partial charge on any atom is -0.497 e. The fourth-order valence-corrected chi connectivity index (χ4v) is 4.99. The highest BCUT2D eigenvalue weighted by atomic mass is 32.2. The molecule has 0 fully saturated rings. The predicted molar refractivity (Wildman–Crippen MR) is 128 cm³/mol. The van der Waals surface area contributed by atoms with Crippen LogP contribution in [0.4, 0.5) is 11.4 Å². The third-order valence-corrected chi connectivity index (χ3v) is 7.13. The predicted octanol–water partition coefficient (Wildman–Crippen LogP) is 4.54. The van der Waals surface area contributed by atoms with Crippen molar-refractivity contribution >= 4 is 38.0 Å². The van der Waals surface area contributed by atoms with Crippen molar-refractivity contribution in [3.05, 3.63) is 83.6 Å². The number of anilines is 2. The number of sulfone groups is 1. The summed E-state index contributed by atoms with van der Waals surface area (Å²) in [5.74, 6) is -0.0583. The number of methoxy groups -OCH3 is 1. The van der Waals surface area contributed by atoms with Gasteiger partial charge in [-0.15, -0.1) is 0 Å². The van der Waals surface area contributed by atoms with Crippen LogP contribution in [-0.2, 0) is 9.84 Å². The van der Waals surface area contributed by atoms with Gasteiger partial charge in [-0.1, -0.05) is 23.8 Å². The van der Waals surface area contributed by atoms with E-state index in [-0.39, 0.29) is 15.4 Å². The van der Waals surface area contributed by atoms with Crippen LogP contribution < -0.4 is 15.8 Å². The van der Waals surface area contributed by atoms with Crippen LogP contribution in [0.15, 0.2) is 76.7 Å². The number of primary amides is 1. The number of nitrogens with one attached hydrogen (secondary N) is 1. The summed E-state index contributed by atoms with van der Waals surface area (Å²) in [5, 5.41) is 3.68. The van der Waals surface area contributed by atoms with Gasteiger partial charge in [-0.3, -0.25) is 9.78 Å². The Hall–Kier alpha value is -3.91. The third-order valence-electron chi connectivity index (χ3n) is 5.38. The lowest BCUT2D eigenvalue weighted by atomic mass is 10.1. The number of benzene rings is 3. The molecule has 0 atom stereocenters. The molecule has 0 aliphatic carbocycles. The number of rotatable bonds is 6. The zero-order chi connectivity index (χ0) is 23.8. The summed E-state index contributed by atoms with van der Waals surface area (Å²) in [5.41, 5.74) is 8.98. The Morgan fingerprint density at radius 3 is 2.39 bits per heavy atom. The van der Waals surface area contributed by atoms with Crippen LogP contribution in [0.2, 0.25) is 0 Å². The lowest BCUT2D eigenvalue weighted by Gasteiger charge is -2.16. The molecule has 0 saturated carbocycles. The van der Waals surface area contributed by atoms with E-state index < -0.39 is 15.7 Å². The molecule has 1 heterocycles. The third kappa shape index (κ3) is 4.25. The molecule has 0 radical (unpaired) electrons. The van der Waals surface area contributed by atoms with Crippen LogP contribution in [0.25, 0.3) is 10.9 Å². The van der Waals surface area contributed by atoms with Gasteiger partial charge in [0.1, 0.15) is 5.75 Å². The zero-order valence-corrected chi connectivity index (χ0v) is 19.2. The largest absolute Gasteiger partial charge is 0.497 e. The van der Waals surface area contributed by atoms with E-state index in [2.05, 4.69) is 10.3 Å². The van der Waals surface area contributed by atoms with Gasteiger partial charge < -0.3 is 15.8 Å². The van der Waals surface area contributed by atoms with Crippen LogP contribution in [0.3, 0.4) is 0 Å². The molecular weight excluding hydrogens is 438 g/mol. The second-order valence-electron chi connectivity index (χ2n) is 7.72. The number of hydrogen-bond donors (Lipinski definition) is 2. The molecule has 4 rings (SSSR count). The number of carbonyl (C=O) groups excluding carboxylic acids is 1. The molecular formula is C25H23N3O4S. The molecule has 4 aromatic rings. The first-order chi connectivity index (χ1) is 15.7. The van der Waals surface area contributed by atoms with Crippen LogP contribution in [0.5, 0.6) is 5.75 Å². The van der Waals surface area contributed by atoms with Crippen molar-refractivity contribution in [1.29, 1.82) is 0 Å². The molecule has 33 heavy (non-hydrogen) atoms. The number of nitrogens with zero attached hydrogens (tertiary/aromatic N) is 1. The molecule has 3 aromatic carbocycles. The summed E-state index contributed by atoms with van der Waals surface area (Å²) in [4.78, 5) is 16.9. The number of aryl methyl sites for hydroxylation is 2. The molecule has 0 spiro atoms. The maximum absolute atomic E-state index is 13.4. The molecule has 0 bridgehead atoms. The van der Waals surface area contributed by atoms with Gasteiger partial charge in [-0.2, -0.15) is 0 Å². The second-order valence-corrected chi connectivity index (χ2v) is 9.67. The van der Waals surface area contributed by atoms with Gasteiger partial charge in [0.15, 0.2) is 0 Å². The summed E-state index contributed by atoms with van der Waals surface area (Å²) in [7, 11) is -2.24. The number of carbonyl (C=O) groups is 1. The van der Waals surface area contributed by atoms with Crippen molar-refractivity contribution in [2.24, 2.45) is 5.73 Å². The fourth-order valence-electron chi connectivity index (χ4n) is 3.62. The van der Waals surface area contributed by atoms with Crippen molar-refractivity contribution in [2.45, 2.75) is 23.6 Å². The van der Waals surface area contributed by atoms with E-state index in [9.17, 15) is 13.2 Å². The van der Waals surface area contributed by atoms with Gasteiger partial charge in [0.05, 0.1) is 33.7 Å². The molecule has 7 nitrogen and oxygen atoms in total. The van der Waals surface area contributed by atoms with Crippen molar-refractivity contribution in [2.75, 3.05) is 12.4 Å². The first-order valence-corrected chi connectivity index (χ1v) is 11.6. The first kappa shape index (κ1) is 22.3. The SMILES string of the molecule is COc1cccc(Nc2c(C(N)=O)cnc3c(C)cc(S(=O)(=O)c4ccc(C)cc4)cc23)c1. The van der Waals surface area contributed by atoms with Crippen molar-refractivity contribution in [3.63, 3.8) is 0 Å². The minimum absolute atomic E-state index is 0.105. The molecule has 1 amide bonds. The summed E-state index contributed by atoms with van der Waals surface area (Å²) in [6.45, 7) is 3.67. The second kappa shape index (κ2) is 8.55. The Morgan fingerprint density at radius 1 is 1.00 bits per heavy atom. The first-order valence-electron chi connectivity index (χ1n) is 10.2. The molecule has 1 aromatic heterocycles. The summed E-state index contributed by atoms with van der Waals surface area (Å²) in [6.07, 6.45) is 1.40. The molecule has 8 heteroatoms. The summed E-state index contributed by atoms with van der Waals surface area (Å²) in [6, 6.07) is 16.9. The van der Waals surface area contributed by atoms with Crippen LogP contribution in [0, 0.1) is 13.8 Å². The standard InChI is InChI=1S/C25H23N3O4S/c1-15-7-9-19(10-8-15)33(30,31)20-11-16(2)23-21(13-20)24(22(14-27-23)25(26)29)28-17-5-4-6-18(12-17)32-3/h4-14H,1-3H3,(H2,26,29)(H,27,28). The maximum atomic E-state index is 13.4. The van der Waals surface area contributed by atoms with E-state index in [0.717, 1.165) is 5.56 Å². The van der Waals surface area contributed by atoms with Crippen LogP contribution >= 0.6 is 0 Å². The number of aromatic nitrogens is 1. The molecule has 0 saturated heterocycles. The highest BCUT2D eigenvalue weighted by molar-refractivity contribution is 7.91. The van der Waals surface area contributed by atoms with E-state index in [1.165, 1.54) is 12.3 Å². The molecule has 0 unspecified atom stereocenters. The average Bonchev–Trinajstić information content (AvgIpc) is 2.79. The summed E-state index contributed by atoms with van der Waals surface area (Å²) >= 11 is 0. The smallest absolute Gasteiger partial charge is 0.252 e. The number of hydrogen-bond acceptors (Lipinski definition) is 6. The van der Waals surface area contributed by atoms with Gasteiger partial charge in [0, 0.05) is 23.3 Å². The zero-order valence-electron chi connectivity index (χ0n) is 18.4. The van der Waals surface area contributed by atoms with E-state index in [1.807, 2.05) is 6.92 Å². The number of ether oxygens (including phenoxy) is 1. The lowest BCUT2D eigenvalue weighted by molar-refractivity contribution is 0.100. The van der Waals surface area contributed by atoms with Crippen molar-refractivity contribution in [1.82, 2.24) is 4.98 Å². The van der Waals surface area contributed by atoms with Gasteiger partial charge in [-0.05, 0) is 55.8 Å². The Labute approximate surface area is 192 Å². The molecule has 168 valence electrons. The minimum atomic E-state index is -3.79. The lowest BCUT2D eigenvalue weighted by Crippen LogP contribution is -2.14. The Morgan fingerprint density at radius 2 is 1.73 bits per heavy atom. The monoisotopic (exact) mass is 461 g/mol. The molecule has 0 aliphatic rings. The number of amides is 1. The Kier molecular flexibility index (Phi) is 5.78. The van der Waals surface area contributed by atoms with Gasteiger partial charge in [0.2, 0.25) is 9.84 Å². The Bertz CT molecular complexity index is 1480. The normalized spacial score (nSPS) is 11.4. The van der Waals surface area contributed by atoms with Crippen molar-refractivity contribution in [3.8, 4) is 5.75 Å². The van der Waals surface area contributed by atoms with E-state index in [4.69, 9.17) is 10.5 Å². The van der Waals surface area contributed by atoms with E-state index in [0.29, 0.717) is 33.6 Å². The number of pyridine rings is 1. The fraction of sp³-hybridized carbons (Fsp3) is 0.120.